The van der Waals surface area contributed by atoms with Gasteiger partial charge in [-0.15, -0.1) is 0 Å². The van der Waals surface area contributed by atoms with Gasteiger partial charge in [0.25, 0.3) is 0 Å². The Morgan fingerprint density at radius 2 is 1.66 bits per heavy atom. The fourth-order valence-electron chi connectivity index (χ4n) is 4.85. The lowest BCUT2D eigenvalue weighted by Crippen LogP contribution is -2.38. The molecule has 0 bridgehead atoms. The highest BCUT2D eigenvalue weighted by Crippen LogP contribution is 2.40. The molecule has 2 aromatic carbocycles. The van der Waals surface area contributed by atoms with E-state index in [1.807, 2.05) is 32.9 Å². The van der Waals surface area contributed by atoms with E-state index in [4.69, 9.17) is 9.47 Å². The summed E-state index contributed by atoms with van der Waals surface area (Å²) < 4.78 is 25.6. The molecule has 1 aromatic heterocycles. The number of pyridine rings is 1. The van der Waals surface area contributed by atoms with Gasteiger partial charge in [-0.25, -0.2) is 9.37 Å². The molecule has 1 fully saturated rings. The first-order valence-corrected chi connectivity index (χ1v) is 13.3. The van der Waals surface area contributed by atoms with Crippen molar-refractivity contribution in [2.45, 2.75) is 53.1 Å². The number of hydrogen-bond donors (Lipinski definition) is 2. The number of hydrogen-bond acceptors (Lipinski definition) is 6. The summed E-state index contributed by atoms with van der Waals surface area (Å²) in [4.78, 5) is 18.2. The Morgan fingerprint density at radius 1 is 1.03 bits per heavy atom. The monoisotopic (exact) mass is 520 g/mol. The van der Waals surface area contributed by atoms with Crippen molar-refractivity contribution in [2.24, 2.45) is 0 Å². The van der Waals surface area contributed by atoms with Crippen LogP contribution in [-0.4, -0.2) is 48.1 Å². The van der Waals surface area contributed by atoms with Crippen LogP contribution in [0.15, 0.2) is 48.5 Å². The van der Waals surface area contributed by atoms with E-state index in [-0.39, 0.29) is 11.7 Å². The largest absolute Gasteiger partial charge is 0.493 e. The Kier molecular flexibility index (Phi) is 9.18. The quantitative estimate of drug-likeness (QED) is 0.340. The van der Waals surface area contributed by atoms with Gasteiger partial charge < -0.3 is 20.1 Å². The van der Waals surface area contributed by atoms with E-state index in [0.717, 1.165) is 72.0 Å². The van der Waals surface area contributed by atoms with Crippen LogP contribution in [0.4, 0.5) is 15.9 Å². The molecule has 2 N–H and O–H groups in total. The van der Waals surface area contributed by atoms with Crippen molar-refractivity contribution in [3.05, 3.63) is 65.6 Å². The predicted octanol–water partition coefficient (Wildman–Crippen LogP) is 6.03. The number of nitrogens with one attached hydrogen (secondary N) is 2. The number of carbonyl (C=O) groups excluding carboxylic acids is 1. The van der Waals surface area contributed by atoms with Gasteiger partial charge >= 0.3 is 0 Å². The van der Waals surface area contributed by atoms with Crippen molar-refractivity contribution in [3.8, 4) is 22.6 Å². The smallest absolute Gasteiger partial charge is 0.222 e. The summed E-state index contributed by atoms with van der Waals surface area (Å²) in [6, 6.07) is 14.8. The number of ether oxygens (including phenoxy) is 2. The molecule has 0 aliphatic carbocycles. The minimum atomic E-state index is -0.271. The molecule has 0 spiro atoms. The number of likely N-dealkylation sites (tertiary alicyclic amines) is 1. The van der Waals surface area contributed by atoms with Crippen molar-refractivity contribution < 1.29 is 18.7 Å². The molecule has 0 radical (unpaired) electrons. The zero-order valence-corrected chi connectivity index (χ0v) is 22.6. The standard InChI is InChI=1S/C30H37FN4O3/c1-5-37-27-17-22(18-28(38-6-2)30(27)23-7-9-24(31)10-8-23)19-35-15-13-25(14-16-35)34-26-11-12-29(32-20(26)3)33-21(4)36/h7-12,17-18,25,34H,5-6,13-16,19H2,1-4H3,(H,32,33,36). The van der Waals surface area contributed by atoms with Crippen LogP contribution in [0.1, 0.15) is 44.9 Å². The van der Waals surface area contributed by atoms with Crippen LogP contribution in [-0.2, 0) is 11.3 Å². The average molecular weight is 521 g/mol. The Morgan fingerprint density at radius 3 is 2.21 bits per heavy atom. The van der Waals surface area contributed by atoms with E-state index in [9.17, 15) is 9.18 Å². The molecule has 3 aromatic rings. The van der Waals surface area contributed by atoms with E-state index in [1.54, 1.807) is 12.1 Å². The van der Waals surface area contributed by atoms with Gasteiger partial charge in [-0.2, -0.15) is 0 Å². The highest BCUT2D eigenvalue weighted by Gasteiger charge is 2.22. The second kappa shape index (κ2) is 12.7. The number of nitrogens with zero attached hydrogens (tertiary/aromatic N) is 2. The summed E-state index contributed by atoms with van der Waals surface area (Å²) in [6.07, 6.45) is 2.02. The topological polar surface area (TPSA) is 75.7 Å². The van der Waals surface area contributed by atoms with E-state index in [2.05, 4.69) is 32.7 Å². The van der Waals surface area contributed by atoms with E-state index < -0.39 is 0 Å². The van der Waals surface area contributed by atoms with Gasteiger partial charge in [0.05, 0.1) is 30.2 Å². The van der Waals surface area contributed by atoms with Crippen molar-refractivity contribution in [2.75, 3.05) is 36.9 Å². The van der Waals surface area contributed by atoms with Crippen LogP contribution in [0.2, 0.25) is 0 Å². The minimum absolute atomic E-state index is 0.128. The number of piperidine rings is 1. The number of rotatable bonds is 10. The Hall–Kier alpha value is -3.65. The number of anilines is 2. The third-order valence-corrected chi connectivity index (χ3v) is 6.60. The Balaban J connectivity index is 1.43. The van der Waals surface area contributed by atoms with Gasteiger partial charge in [0.15, 0.2) is 0 Å². The van der Waals surface area contributed by atoms with Crippen LogP contribution in [0.3, 0.4) is 0 Å². The molecule has 38 heavy (non-hydrogen) atoms. The Labute approximate surface area is 224 Å². The summed E-state index contributed by atoms with van der Waals surface area (Å²) in [5.74, 6) is 1.67. The molecule has 0 unspecified atom stereocenters. The fraction of sp³-hybridized carbons (Fsp3) is 0.400. The molecule has 2 heterocycles. The third kappa shape index (κ3) is 7.01. The van der Waals surface area contributed by atoms with E-state index in [0.29, 0.717) is 25.1 Å². The zero-order chi connectivity index (χ0) is 27.1. The fourth-order valence-corrected chi connectivity index (χ4v) is 4.85. The maximum absolute atomic E-state index is 13.6. The van der Waals surface area contributed by atoms with Crippen LogP contribution < -0.4 is 20.1 Å². The van der Waals surface area contributed by atoms with Crippen molar-refractivity contribution in [1.82, 2.24) is 9.88 Å². The van der Waals surface area contributed by atoms with Crippen LogP contribution in [0.5, 0.6) is 11.5 Å². The maximum atomic E-state index is 13.6. The molecule has 1 aliphatic rings. The Bertz CT molecular complexity index is 1210. The molecular formula is C30H37FN4O3. The molecular weight excluding hydrogens is 483 g/mol. The van der Waals surface area contributed by atoms with Crippen LogP contribution in [0, 0.1) is 12.7 Å². The number of benzene rings is 2. The van der Waals surface area contributed by atoms with E-state index in [1.165, 1.54) is 19.1 Å². The number of carbonyl (C=O) groups is 1. The number of halogens is 1. The average Bonchev–Trinajstić information content (AvgIpc) is 2.88. The minimum Gasteiger partial charge on any atom is -0.493 e. The highest BCUT2D eigenvalue weighted by molar-refractivity contribution is 5.87. The summed E-state index contributed by atoms with van der Waals surface area (Å²) >= 11 is 0. The molecule has 202 valence electrons. The lowest BCUT2D eigenvalue weighted by Gasteiger charge is -2.33. The zero-order valence-electron chi connectivity index (χ0n) is 22.6. The normalized spacial score (nSPS) is 14.2. The summed E-state index contributed by atoms with van der Waals surface area (Å²) in [5, 5.41) is 6.35. The van der Waals surface area contributed by atoms with E-state index >= 15 is 0 Å². The lowest BCUT2D eigenvalue weighted by molar-refractivity contribution is -0.114. The van der Waals surface area contributed by atoms with Gasteiger partial charge in [-0.05, 0) is 81.1 Å². The first kappa shape index (κ1) is 27.4. The second-order valence-electron chi connectivity index (χ2n) is 9.55. The van der Waals surface area contributed by atoms with Gasteiger partial charge in [0.1, 0.15) is 23.1 Å². The number of aromatic nitrogens is 1. The summed E-state index contributed by atoms with van der Waals surface area (Å²) in [7, 11) is 0. The molecule has 0 atom stereocenters. The van der Waals surface area contributed by atoms with Crippen molar-refractivity contribution >= 4 is 17.4 Å². The maximum Gasteiger partial charge on any atom is 0.222 e. The van der Waals surface area contributed by atoms with Gasteiger partial charge in [-0.1, -0.05) is 12.1 Å². The van der Waals surface area contributed by atoms with Crippen molar-refractivity contribution in [3.63, 3.8) is 0 Å². The number of amides is 1. The molecule has 1 amide bonds. The lowest BCUT2D eigenvalue weighted by atomic mass is 9.99. The second-order valence-corrected chi connectivity index (χ2v) is 9.55. The predicted molar refractivity (Wildman–Crippen MR) is 149 cm³/mol. The SMILES string of the molecule is CCOc1cc(CN2CCC(Nc3ccc(NC(C)=O)nc3C)CC2)cc(OCC)c1-c1ccc(F)cc1. The third-order valence-electron chi connectivity index (χ3n) is 6.60. The van der Waals surface area contributed by atoms with Crippen LogP contribution in [0.25, 0.3) is 11.1 Å². The molecule has 8 heteroatoms. The highest BCUT2D eigenvalue weighted by atomic mass is 19.1. The molecule has 1 saturated heterocycles. The van der Waals surface area contributed by atoms with Gasteiger partial charge in [-0.3, -0.25) is 9.69 Å². The first-order chi connectivity index (χ1) is 18.4. The summed E-state index contributed by atoms with van der Waals surface area (Å²) in [5.41, 5.74) is 4.71. The summed E-state index contributed by atoms with van der Waals surface area (Å²) in [6.45, 7) is 11.1. The number of aryl methyl sites for hydroxylation is 1. The molecule has 4 rings (SSSR count). The molecule has 1 aliphatic heterocycles. The molecule has 0 saturated carbocycles. The van der Waals surface area contributed by atoms with Crippen molar-refractivity contribution in [1.29, 1.82) is 0 Å². The van der Waals surface area contributed by atoms with Crippen LogP contribution >= 0.6 is 0 Å². The van der Waals surface area contributed by atoms with Gasteiger partial charge in [0, 0.05) is 32.6 Å². The van der Waals surface area contributed by atoms with Gasteiger partial charge in [0.2, 0.25) is 5.91 Å². The molecule has 7 nitrogen and oxygen atoms in total. The first-order valence-electron chi connectivity index (χ1n) is 13.3.